The summed E-state index contributed by atoms with van der Waals surface area (Å²) in [6, 6.07) is 9.36. The molecular formula is C15H16O2S2. The normalized spacial score (nSPS) is 12.4. The third-order valence-corrected chi connectivity index (χ3v) is 5.18. The molecule has 4 heteroatoms. The van der Waals surface area contributed by atoms with Crippen molar-refractivity contribution in [3.8, 4) is 0 Å². The van der Waals surface area contributed by atoms with E-state index in [1.54, 1.807) is 11.3 Å². The number of carbonyl (C=O) groups is 1. The average Bonchev–Trinajstić information content (AvgIpc) is 2.69. The molecule has 0 fully saturated rings. The van der Waals surface area contributed by atoms with Gasteiger partial charge in [-0.3, -0.25) is 9.00 Å². The van der Waals surface area contributed by atoms with E-state index in [0.717, 1.165) is 15.3 Å². The van der Waals surface area contributed by atoms with Crippen LogP contribution >= 0.6 is 11.3 Å². The summed E-state index contributed by atoms with van der Waals surface area (Å²) in [4.78, 5) is 15.0. The minimum Gasteiger partial charge on any atom is -0.293 e. The fourth-order valence-corrected chi connectivity index (χ4v) is 3.82. The van der Waals surface area contributed by atoms with E-state index in [0.29, 0.717) is 10.5 Å². The van der Waals surface area contributed by atoms with E-state index in [1.807, 2.05) is 51.1 Å². The van der Waals surface area contributed by atoms with Crippen molar-refractivity contribution in [1.82, 2.24) is 0 Å². The number of benzene rings is 1. The van der Waals surface area contributed by atoms with Gasteiger partial charge in [-0.2, -0.15) is 0 Å². The van der Waals surface area contributed by atoms with Crippen LogP contribution in [0.4, 0.5) is 0 Å². The Morgan fingerprint density at radius 1 is 1.16 bits per heavy atom. The quantitative estimate of drug-likeness (QED) is 0.806. The Kier molecular flexibility index (Phi) is 4.32. The highest BCUT2D eigenvalue weighted by atomic mass is 32.2. The highest BCUT2D eigenvalue weighted by Gasteiger charge is 2.16. The summed E-state index contributed by atoms with van der Waals surface area (Å²) in [6.45, 7) is 5.89. The summed E-state index contributed by atoms with van der Waals surface area (Å²) in [7, 11) is -1.27. The molecule has 0 saturated carbocycles. The summed E-state index contributed by atoms with van der Waals surface area (Å²) in [5.41, 5.74) is 1.83. The average molecular weight is 292 g/mol. The van der Waals surface area contributed by atoms with E-state index in [4.69, 9.17) is 0 Å². The number of hydrogen-bond acceptors (Lipinski definition) is 3. The number of Topliss-reactive ketones (excluding diaryl/α,β-unsaturated/α-hetero) is 1. The molecule has 1 unspecified atom stereocenters. The summed E-state index contributed by atoms with van der Waals surface area (Å²) in [5, 5.41) is 0. The molecule has 1 heterocycles. The molecule has 0 aliphatic heterocycles. The van der Waals surface area contributed by atoms with Crippen molar-refractivity contribution in [1.29, 1.82) is 0 Å². The Bertz CT molecular complexity index is 624. The van der Waals surface area contributed by atoms with Gasteiger partial charge in [0.2, 0.25) is 0 Å². The van der Waals surface area contributed by atoms with Crippen molar-refractivity contribution in [2.24, 2.45) is 0 Å². The standard InChI is InChI=1S/C15H16O2S2/c1-10-4-6-13(7-5-10)19(17)9-15(16)14-8-11(2)18-12(14)3/h4-8H,9H2,1-3H3. The number of ketones is 1. The van der Waals surface area contributed by atoms with E-state index in [2.05, 4.69) is 0 Å². The Hall–Kier alpha value is -1.26. The molecule has 2 aromatic rings. The zero-order chi connectivity index (χ0) is 14.0. The summed E-state index contributed by atoms with van der Waals surface area (Å²) < 4.78 is 12.2. The van der Waals surface area contributed by atoms with Crippen molar-refractivity contribution in [2.75, 3.05) is 5.75 Å². The van der Waals surface area contributed by atoms with Gasteiger partial charge in [-0.25, -0.2) is 0 Å². The van der Waals surface area contributed by atoms with Crippen molar-refractivity contribution in [2.45, 2.75) is 25.7 Å². The van der Waals surface area contributed by atoms with Crippen molar-refractivity contribution >= 4 is 27.9 Å². The van der Waals surface area contributed by atoms with Gasteiger partial charge in [0, 0.05) is 20.2 Å². The van der Waals surface area contributed by atoms with E-state index >= 15 is 0 Å². The van der Waals surface area contributed by atoms with Crippen LogP contribution in [0.5, 0.6) is 0 Å². The second-order valence-corrected chi connectivity index (χ2v) is 7.46. The van der Waals surface area contributed by atoms with E-state index in [9.17, 15) is 9.00 Å². The van der Waals surface area contributed by atoms with Gasteiger partial charge in [0.05, 0.1) is 16.6 Å². The van der Waals surface area contributed by atoms with Crippen LogP contribution in [0.25, 0.3) is 0 Å². The highest BCUT2D eigenvalue weighted by Crippen LogP contribution is 2.21. The topological polar surface area (TPSA) is 34.1 Å². The number of rotatable bonds is 4. The van der Waals surface area contributed by atoms with Gasteiger partial charge in [-0.15, -0.1) is 11.3 Å². The number of hydrogen-bond donors (Lipinski definition) is 0. The van der Waals surface area contributed by atoms with Gasteiger partial charge in [0.1, 0.15) is 0 Å². The van der Waals surface area contributed by atoms with Crippen molar-refractivity contribution in [3.63, 3.8) is 0 Å². The van der Waals surface area contributed by atoms with Gasteiger partial charge >= 0.3 is 0 Å². The monoisotopic (exact) mass is 292 g/mol. The molecule has 19 heavy (non-hydrogen) atoms. The van der Waals surface area contributed by atoms with Crippen LogP contribution in [-0.4, -0.2) is 15.7 Å². The number of aryl methyl sites for hydroxylation is 3. The number of carbonyl (C=O) groups excluding carboxylic acids is 1. The molecule has 0 bridgehead atoms. The van der Waals surface area contributed by atoms with E-state index in [-0.39, 0.29) is 11.5 Å². The van der Waals surface area contributed by atoms with Crippen LogP contribution in [-0.2, 0) is 10.8 Å². The zero-order valence-corrected chi connectivity index (χ0v) is 12.9. The Balaban J connectivity index is 2.13. The first-order valence-electron chi connectivity index (χ1n) is 6.02. The summed E-state index contributed by atoms with van der Waals surface area (Å²) >= 11 is 1.60. The molecule has 0 aliphatic rings. The SMILES string of the molecule is Cc1ccc(S(=O)CC(=O)c2cc(C)sc2C)cc1. The van der Waals surface area contributed by atoms with Crippen molar-refractivity contribution < 1.29 is 9.00 Å². The first-order chi connectivity index (χ1) is 8.97. The summed E-state index contributed by atoms with van der Waals surface area (Å²) in [5.74, 6) is 0.0147. The summed E-state index contributed by atoms with van der Waals surface area (Å²) in [6.07, 6.45) is 0. The van der Waals surface area contributed by atoms with Crippen LogP contribution < -0.4 is 0 Å². The lowest BCUT2D eigenvalue weighted by atomic mass is 10.2. The minimum absolute atomic E-state index is 0.0410. The largest absolute Gasteiger partial charge is 0.293 e. The Morgan fingerprint density at radius 3 is 2.32 bits per heavy atom. The highest BCUT2D eigenvalue weighted by molar-refractivity contribution is 7.85. The zero-order valence-electron chi connectivity index (χ0n) is 11.2. The molecule has 0 amide bonds. The van der Waals surface area contributed by atoms with E-state index < -0.39 is 10.8 Å². The molecule has 1 aromatic carbocycles. The molecule has 0 saturated heterocycles. The smallest absolute Gasteiger partial charge is 0.176 e. The fourth-order valence-electron chi connectivity index (χ4n) is 1.88. The molecule has 0 spiro atoms. The lowest BCUT2D eigenvalue weighted by molar-refractivity contribution is 0.102. The first-order valence-corrected chi connectivity index (χ1v) is 8.16. The van der Waals surface area contributed by atoms with Crippen LogP contribution in [0.2, 0.25) is 0 Å². The molecule has 2 rings (SSSR count). The molecule has 2 nitrogen and oxygen atoms in total. The molecule has 0 N–H and O–H groups in total. The van der Waals surface area contributed by atoms with Crippen LogP contribution in [0.1, 0.15) is 25.7 Å². The second kappa shape index (κ2) is 5.80. The predicted octanol–water partition coefficient (Wildman–Crippen LogP) is 3.66. The lowest BCUT2D eigenvalue weighted by Crippen LogP contribution is -2.11. The fraction of sp³-hybridized carbons (Fsp3) is 0.267. The van der Waals surface area contributed by atoms with E-state index in [1.165, 1.54) is 0 Å². The Morgan fingerprint density at radius 2 is 1.79 bits per heavy atom. The van der Waals surface area contributed by atoms with Gasteiger partial charge in [0.25, 0.3) is 0 Å². The lowest BCUT2D eigenvalue weighted by Gasteiger charge is -2.02. The molecule has 1 aromatic heterocycles. The predicted molar refractivity (Wildman–Crippen MR) is 80.6 cm³/mol. The van der Waals surface area contributed by atoms with Crippen molar-refractivity contribution in [3.05, 3.63) is 51.2 Å². The first kappa shape index (κ1) is 14.2. The molecule has 0 aliphatic carbocycles. The minimum atomic E-state index is -1.27. The maximum atomic E-state index is 12.2. The maximum Gasteiger partial charge on any atom is 0.176 e. The maximum absolute atomic E-state index is 12.2. The van der Waals surface area contributed by atoms with Gasteiger partial charge in [-0.05, 0) is 39.0 Å². The molecule has 100 valence electrons. The van der Waals surface area contributed by atoms with Crippen LogP contribution in [0.3, 0.4) is 0 Å². The molecule has 1 atom stereocenters. The van der Waals surface area contributed by atoms with Gasteiger partial charge in [0.15, 0.2) is 5.78 Å². The third-order valence-electron chi connectivity index (χ3n) is 2.89. The second-order valence-electron chi connectivity index (χ2n) is 4.55. The van der Waals surface area contributed by atoms with Gasteiger partial charge < -0.3 is 0 Å². The third kappa shape index (κ3) is 3.39. The number of thiophene rings is 1. The van der Waals surface area contributed by atoms with Crippen LogP contribution in [0, 0.1) is 20.8 Å². The molecule has 0 radical (unpaired) electrons. The van der Waals surface area contributed by atoms with Gasteiger partial charge in [-0.1, -0.05) is 17.7 Å². The molecular weight excluding hydrogens is 276 g/mol. The Labute approximate surface area is 119 Å². The van der Waals surface area contributed by atoms with Crippen LogP contribution in [0.15, 0.2) is 35.2 Å².